The summed E-state index contributed by atoms with van der Waals surface area (Å²) in [6, 6.07) is 0. The van der Waals surface area contributed by atoms with Crippen molar-refractivity contribution in [3.63, 3.8) is 0 Å². The van der Waals surface area contributed by atoms with Crippen LogP contribution in [-0.4, -0.2) is 35.7 Å². The number of hydrogen-bond donors (Lipinski definition) is 1. The molecule has 0 saturated heterocycles. The van der Waals surface area contributed by atoms with Crippen molar-refractivity contribution in [3.8, 4) is 0 Å². The molecule has 0 spiro atoms. The molecule has 1 saturated carbocycles. The fraction of sp³-hybridized carbons (Fsp3) is 1.00. The van der Waals surface area contributed by atoms with Crippen LogP contribution in [-0.2, 0) is 0 Å². The predicted octanol–water partition coefficient (Wildman–Crippen LogP) is 2.80. The zero-order chi connectivity index (χ0) is 11.1. The highest BCUT2D eigenvalue weighted by Crippen LogP contribution is 2.29. The SMILES string of the molecule is CCCCCCN(C)CC1(O)CCCC1. The lowest BCUT2D eigenvalue weighted by Gasteiger charge is -2.28. The van der Waals surface area contributed by atoms with Crippen LogP contribution in [0, 0.1) is 0 Å². The Labute approximate surface area is 94.7 Å². The second kappa shape index (κ2) is 6.49. The largest absolute Gasteiger partial charge is 0.389 e. The van der Waals surface area contributed by atoms with E-state index in [4.69, 9.17) is 0 Å². The van der Waals surface area contributed by atoms with Crippen molar-refractivity contribution >= 4 is 0 Å². The minimum Gasteiger partial charge on any atom is -0.389 e. The molecule has 0 unspecified atom stereocenters. The van der Waals surface area contributed by atoms with Gasteiger partial charge in [0.05, 0.1) is 5.60 Å². The molecule has 1 N–H and O–H groups in total. The highest BCUT2D eigenvalue weighted by Gasteiger charge is 2.31. The van der Waals surface area contributed by atoms with Crippen molar-refractivity contribution in [3.05, 3.63) is 0 Å². The van der Waals surface area contributed by atoms with E-state index < -0.39 is 0 Å². The van der Waals surface area contributed by atoms with Crippen molar-refractivity contribution in [2.45, 2.75) is 63.9 Å². The fourth-order valence-electron chi connectivity index (χ4n) is 2.58. The second-order valence-corrected chi connectivity index (χ2v) is 5.23. The van der Waals surface area contributed by atoms with Crippen LogP contribution in [0.25, 0.3) is 0 Å². The minimum absolute atomic E-state index is 0.362. The van der Waals surface area contributed by atoms with Gasteiger partial charge in [-0.3, -0.25) is 0 Å². The van der Waals surface area contributed by atoms with Crippen LogP contribution < -0.4 is 0 Å². The lowest BCUT2D eigenvalue weighted by atomic mass is 10.0. The van der Waals surface area contributed by atoms with Crippen LogP contribution in [0.4, 0.5) is 0 Å². The summed E-state index contributed by atoms with van der Waals surface area (Å²) in [6.07, 6.45) is 9.68. The van der Waals surface area contributed by atoms with Gasteiger partial charge in [-0.05, 0) is 32.9 Å². The molecule has 1 aliphatic carbocycles. The maximum Gasteiger partial charge on any atom is 0.0774 e. The van der Waals surface area contributed by atoms with E-state index in [2.05, 4.69) is 18.9 Å². The summed E-state index contributed by atoms with van der Waals surface area (Å²) in [6.45, 7) is 4.26. The minimum atomic E-state index is -0.362. The van der Waals surface area contributed by atoms with Crippen LogP contribution >= 0.6 is 0 Å². The molecule has 0 heterocycles. The second-order valence-electron chi connectivity index (χ2n) is 5.23. The Morgan fingerprint density at radius 3 is 2.40 bits per heavy atom. The monoisotopic (exact) mass is 213 g/mol. The molecular weight excluding hydrogens is 186 g/mol. The number of hydrogen-bond acceptors (Lipinski definition) is 2. The van der Waals surface area contributed by atoms with E-state index in [1.165, 1.54) is 38.5 Å². The van der Waals surface area contributed by atoms with Crippen LogP contribution in [0.3, 0.4) is 0 Å². The third kappa shape index (κ3) is 4.98. The molecule has 0 amide bonds. The maximum atomic E-state index is 10.2. The molecule has 1 fully saturated rings. The zero-order valence-corrected chi connectivity index (χ0v) is 10.5. The quantitative estimate of drug-likeness (QED) is 0.657. The van der Waals surface area contributed by atoms with E-state index in [-0.39, 0.29) is 5.60 Å². The molecule has 0 radical (unpaired) electrons. The number of likely N-dealkylation sites (N-methyl/N-ethyl adjacent to an activating group) is 1. The molecule has 0 aromatic heterocycles. The van der Waals surface area contributed by atoms with E-state index in [1.807, 2.05) is 0 Å². The van der Waals surface area contributed by atoms with E-state index in [1.54, 1.807) is 0 Å². The summed E-state index contributed by atoms with van der Waals surface area (Å²) in [5.74, 6) is 0. The van der Waals surface area contributed by atoms with Gasteiger partial charge in [0.2, 0.25) is 0 Å². The lowest BCUT2D eigenvalue weighted by Crippen LogP contribution is -2.39. The van der Waals surface area contributed by atoms with E-state index in [0.717, 1.165) is 25.9 Å². The van der Waals surface area contributed by atoms with Gasteiger partial charge < -0.3 is 10.0 Å². The Hall–Kier alpha value is -0.0800. The van der Waals surface area contributed by atoms with Gasteiger partial charge in [-0.15, -0.1) is 0 Å². The van der Waals surface area contributed by atoms with Crippen molar-refractivity contribution in [1.29, 1.82) is 0 Å². The molecule has 90 valence electrons. The van der Waals surface area contributed by atoms with Crippen LogP contribution in [0.1, 0.15) is 58.3 Å². The number of aliphatic hydroxyl groups is 1. The van der Waals surface area contributed by atoms with Crippen LogP contribution in [0.2, 0.25) is 0 Å². The molecule has 0 atom stereocenters. The van der Waals surface area contributed by atoms with Gasteiger partial charge in [-0.25, -0.2) is 0 Å². The fourth-order valence-corrected chi connectivity index (χ4v) is 2.58. The molecule has 1 aliphatic rings. The number of nitrogens with zero attached hydrogens (tertiary/aromatic N) is 1. The van der Waals surface area contributed by atoms with Gasteiger partial charge in [0.25, 0.3) is 0 Å². The Morgan fingerprint density at radius 2 is 1.80 bits per heavy atom. The van der Waals surface area contributed by atoms with Crippen LogP contribution in [0.5, 0.6) is 0 Å². The first-order chi connectivity index (χ1) is 7.16. The van der Waals surface area contributed by atoms with Gasteiger partial charge in [-0.2, -0.15) is 0 Å². The third-order valence-corrected chi connectivity index (χ3v) is 3.49. The molecule has 1 rings (SSSR count). The van der Waals surface area contributed by atoms with Crippen molar-refractivity contribution < 1.29 is 5.11 Å². The Kier molecular flexibility index (Phi) is 5.62. The average Bonchev–Trinajstić information content (AvgIpc) is 2.59. The summed E-state index contributed by atoms with van der Waals surface area (Å²) in [7, 11) is 2.14. The highest BCUT2D eigenvalue weighted by atomic mass is 16.3. The standard InChI is InChI=1S/C13H27NO/c1-3-4-5-8-11-14(2)12-13(15)9-6-7-10-13/h15H,3-12H2,1-2H3. The van der Waals surface area contributed by atoms with E-state index in [9.17, 15) is 5.11 Å². The Bertz CT molecular complexity index is 164. The molecule has 0 bridgehead atoms. The summed E-state index contributed by atoms with van der Waals surface area (Å²) in [4.78, 5) is 2.31. The summed E-state index contributed by atoms with van der Waals surface area (Å²) in [5.41, 5.74) is -0.362. The van der Waals surface area contributed by atoms with Gasteiger partial charge in [0, 0.05) is 6.54 Å². The summed E-state index contributed by atoms with van der Waals surface area (Å²) < 4.78 is 0. The van der Waals surface area contributed by atoms with E-state index >= 15 is 0 Å². The number of rotatable bonds is 7. The molecule has 2 heteroatoms. The topological polar surface area (TPSA) is 23.5 Å². The Balaban J connectivity index is 2.09. The smallest absolute Gasteiger partial charge is 0.0774 e. The summed E-state index contributed by atoms with van der Waals surface area (Å²) in [5, 5.41) is 10.2. The Morgan fingerprint density at radius 1 is 1.13 bits per heavy atom. The van der Waals surface area contributed by atoms with Gasteiger partial charge in [0.15, 0.2) is 0 Å². The van der Waals surface area contributed by atoms with Crippen molar-refractivity contribution in [1.82, 2.24) is 4.90 Å². The highest BCUT2D eigenvalue weighted by molar-refractivity contribution is 4.86. The number of unbranched alkanes of at least 4 members (excludes halogenated alkanes) is 3. The van der Waals surface area contributed by atoms with Crippen molar-refractivity contribution in [2.75, 3.05) is 20.1 Å². The van der Waals surface area contributed by atoms with Gasteiger partial charge in [0.1, 0.15) is 0 Å². The first-order valence-electron chi connectivity index (χ1n) is 6.57. The average molecular weight is 213 g/mol. The van der Waals surface area contributed by atoms with Crippen LogP contribution in [0.15, 0.2) is 0 Å². The normalized spacial score (nSPS) is 20.0. The van der Waals surface area contributed by atoms with E-state index in [0.29, 0.717) is 0 Å². The molecule has 15 heavy (non-hydrogen) atoms. The van der Waals surface area contributed by atoms with Crippen molar-refractivity contribution in [2.24, 2.45) is 0 Å². The third-order valence-electron chi connectivity index (χ3n) is 3.49. The molecule has 0 aliphatic heterocycles. The molecule has 0 aromatic rings. The molecular formula is C13H27NO. The maximum absolute atomic E-state index is 10.2. The lowest BCUT2D eigenvalue weighted by molar-refractivity contribution is 0.0161. The van der Waals surface area contributed by atoms with Gasteiger partial charge in [-0.1, -0.05) is 39.0 Å². The first-order valence-corrected chi connectivity index (χ1v) is 6.57. The zero-order valence-electron chi connectivity index (χ0n) is 10.5. The molecule has 0 aromatic carbocycles. The molecule has 2 nitrogen and oxygen atoms in total. The first kappa shape index (κ1) is 13.0. The van der Waals surface area contributed by atoms with Gasteiger partial charge >= 0.3 is 0 Å². The predicted molar refractivity (Wildman–Crippen MR) is 65.1 cm³/mol. The summed E-state index contributed by atoms with van der Waals surface area (Å²) >= 11 is 0.